The van der Waals surface area contributed by atoms with Crippen molar-refractivity contribution in [2.45, 2.75) is 38.4 Å². The third-order valence-corrected chi connectivity index (χ3v) is 3.92. The average Bonchev–Trinajstić information content (AvgIpc) is 2.28. The molecule has 17 heavy (non-hydrogen) atoms. The van der Waals surface area contributed by atoms with Gasteiger partial charge in [-0.1, -0.05) is 25.1 Å². The van der Waals surface area contributed by atoms with Crippen LogP contribution in [0.1, 0.15) is 33.1 Å². The summed E-state index contributed by atoms with van der Waals surface area (Å²) in [5.41, 5.74) is -1.27. The molecule has 0 saturated heterocycles. The molecule has 0 heterocycles. The Bertz CT molecular complexity index is 327. The summed E-state index contributed by atoms with van der Waals surface area (Å²) in [6.45, 7) is 3.49. The second kappa shape index (κ2) is 7.62. The van der Waals surface area contributed by atoms with Gasteiger partial charge in [-0.2, -0.15) is 17.9 Å². The maximum atomic E-state index is 11.8. The van der Waals surface area contributed by atoms with Crippen LogP contribution in [0.25, 0.3) is 0 Å². The number of thiol groups is 1. The molecule has 2 unspecified atom stereocenters. The fraction of sp³-hybridized carbons (Fsp3) is 0.727. The molecule has 4 nitrogen and oxygen atoms in total. The molecule has 0 aliphatic heterocycles. The molecule has 2 atom stereocenters. The summed E-state index contributed by atoms with van der Waals surface area (Å²) in [4.78, 5) is 22.5. The summed E-state index contributed by atoms with van der Waals surface area (Å²) in [7, 11) is 0. The zero-order chi connectivity index (χ0) is 13.5. The van der Waals surface area contributed by atoms with E-state index in [9.17, 15) is 9.59 Å². The van der Waals surface area contributed by atoms with Crippen molar-refractivity contribution in [2.24, 2.45) is 5.41 Å². The van der Waals surface area contributed by atoms with Crippen molar-refractivity contribution in [3.8, 4) is 6.07 Å². The molecule has 96 valence electrons. The molecular formula is C11H17NO3S2. The predicted molar refractivity (Wildman–Crippen MR) is 71.1 cm³/mol. The van der Waals surface area contributed by atoms with E-state index >= 15 is 0 Å². The average molecular weight is 275 g/mol. The lowest BCUT2D eigenvalue weighted by Crippen LogP contribution is -2.30. The Morgan fingerprint density at radius 1 is 1.59 bits per heavy atom. The van der Waals surface area contributed by atoms with Crippen molar-refractivity contribution in [3.05, 3.63) is 0 Å². The van der Waals surface area contributed by atoms with Gasteiger partial charge in [-0.3, -0.25) is 9.59 Å². The highest BCUT2D eigenvalue weighted by molar-refractivity contribution is 8.13. The number of nitriles is 1. The van der Waals surface area contributed by atoms with Gasteiger partial charge in [0.2, 0.25) is 5.12 Å². The number of hydrogen-bond donors (Lipinski definition) is 2. The van der Waals surface area contributed by atoms with Crippen LogP contribution < -0.4 is 0 Å². The third kappa shape index (κ3) is 5.46. The van der Waals surface area contributed by atoms with E-state index in [1.807, 2.05) is 13.0 Å². The Labute approximate surface area is 111 Å². The van der Waals surface area contributed by atoms with Crippen molar-refractivity contribution in [2.75, 3.05) is 5.75 Å². The molecule has 1 N–H and O–H groups in total. The lowest BCUT2D eigenvalue weighted by atomic mass is 9.88. The van der Waals surface area contributed by atoms with E-state index in [4.69, 9.17) is 10.4 Å². The number of carbonyl (C=O) groups excluding carboxylic acids is 1. The number of aliphatic carboxylic acids is 1. The number of carbonyl (C=O) groups is 2. The largest absolute Gasteiger partial charge is 0.480 e. The van der Waals surface area contributed by atoms with Gasteiger partial charge in [-0.25, -0.2) is 0 Å². The second-order valence-electron chi connectivity index (χ2n) is 3.99. The maximum Gasteiger partial charge on any atom is 0.316 e. The first-order valence-corrected chi connectivity index (χ1v) is 6.87. The fourth-order valence-corrected chi connectivity index (χ4v) is 2.55. The van der Waals surface area contributed by atoms with Crippen LogP contribution in [0.5, 0.6) is 0 Å². The maximum absolute atomic E-state index is 11.8. The number of thioether (sulfide) groups is 1. The van der Waals surface area contributed by atoms with Crippen molar-refractivity contribution < 1.29 is 14.7 Å². The summed E-state index contributed by atoms with van der Waals surface area (Å²) >= 11 is 4.96. The van der Waals surface area contributed by atoms with Gasteiger partial charge in [-0.05, 0) is 19.8 Å². The zero-order valence-electron chi connectivity index (χ0n) is 9.97. The minimum Gasteiger partial charge on any atom is -0.480 e. The minimum atomic E-state index is -1.27. The second-order valence-corrected chi connectivity index (χ2v) is 5.68. The Kier molecular flexibility index (Phi) is 7.32. The Morgan fingerprint density at radius 2 is 2.18 bits per heavy atom. The van der Waals surface area contributed by atoms with Crippen LogP contribution in [0, 0.1) is 16.7 Å². The number of carboxylic acid groups (broad SMARTS) is 1. The monoisotopic (exact) mass is 275 g/mol. The highest BCUT2D eigenvalue weighted by Crippen LogP contribution is 2.31. The Hall–Kier alpha value is -0.670. The predicted octanol–water partition coefficient (Wildman–Crippen LogP) is 2.35. The lowest BCUT2D eigenvalue weighted by molar-refractivity contribution is -0.136. The number of nitrogens with zero attached hydrogens (tertiary/aromatic N) is 1. The van der Waals surface area contributed by atoms with Crippen molar-refractivity contribution in [1.82, 2.24) is 0 Å². The first-order valence-electron chi connectivity index (χ1n) is 5.36. The summed E-state index contributed by atoms with van der Waals surface area (Å²) < 4.78 is 0. The van der Waals surface area contributed by atoms with Crippen molar-refractivity contribution in [1.29, 1.82) is 5.26 Å². The van der Waals surface area contributed by atoms with E-state index < -0.39 is 16.6 Å². The van der Waals surface area contributed by atoms with E-state index in [-0.39, 0.29) is 11.5 Å². The topological polar surface area (TPSA) is 78.2 Å². The van der Waals surface area contributed by atoms with Crippen LogP contribution in [-0.4, -0.2) is 27.2 Å². The van der Waals surface area contributed by atoms with Gasteiger partial charge < -0.3 is 5.11 Å². The number of unbranched alkanes of at least 4 members (excludes halogenated alkanes) is 1. The highest BCUT2D eigenvalue weighted by Gasteiger charge is 2.37. The minimum absolute atomic E-state index is 0.0695. The molecule has 0 bridgehead atoms. The van der Waals surface area contributed by atoms with Gasteiger partial charge in [0.15, 0.2) is 0 Å². The number of rotatable bonds is 7. The SMILES string of the molecule is CCCCSC(=O)C(C)(C#N)CC(S)C(=O)O. The molecular weight excluding hydrogens is 258 g/mol. The molecule has 0 radical (unpaired) electrons. The molecule has 0 saturated carbocycles. The van der Waals surface area contributed by atoms with E-state index in [2.05, 4.69) is 12.6 Å². The summed E-state index contributed by atoms with van der Waals surface area (Å²) in [5.74, 6) is -0.446. The van der Waals surface area contributed by atoms with Gasteiger partial charge >= 0.3 is 5.97 Å². The van der Waals surface area contributed by atoms with Crippen LogP contribution in [-0.2, 0) is 9.59 Å². The van der Waals surface area contributed by atoms with E-state index in [1.54, 1.807) is 0 Å². The molecule has 6 heteroatoms. The first-order chi connectivity index (χ1) is 7.87. The van der Waals surface area contributed by atoms with Crippen LogP contribution in [0.2, 0.25) is 0 Å². The van der Waals surface area contributed by atoms with Gasteiger partial charge in [0.1, 0.15) is 10.7 Å². The van der Waals surface area contributed by atoms with Crippen LogP contribution in [0.3, 0.4) is 0 Å². The molecule has 0 aliphatic carbocycles. The van der Waals surface area contributed by atoms with E-state index in [0.29, 0.717) is 5.75 Å². The summed E-state index contributed by atoms with van der Waals surface area (Å²) in [6.07, 6.45) is 1.81. The third-order valence-electron chi connectivity index (χ3n) is 2.31. The molecule has 0 aromatic carbocycles. The van der Waals surface area contributed by atoms with Gasteiger partial charge in [0.05, 0.1) is 6.07 Å². The zero-order valence-corrected chi connectivity index (χ0v) is 11.7. The van der Waals surface area contributed by atoms with Crippen molar-refractivity contribution >= 4 is 35.5 Å². The molecule has 0 aromatic heterocycles. The molecule has 0 aromatic rings. The van der Waals surface area contributed by atoms with E-state index in [1.165, 1.54) is 6.92 Å². The summed E-state index contributed by atoms with van der Waals surface area (Å²) in [6, 6.07) is 1.91. The molecule has 0 fully saturated rings. The first kappa shape index (κ1) is 16.3. The van der Waals surface area contributed by atoms with Crippen LogP contribution in [0.4, 0.5) is 0 Å². The van der Waals surface area contributed by atoms with Gasteiger partial charge in [0, 0.05) is 5.75 Å². The number of carboxylic acids is 1. The van der Waals surface area contributed by atoms with Crippen molar-refractivity contribution in [3.63, 3.8) is 0 Å². The lowest BCUT2D eigenvalue weighted by Gasteiger charge is -2.20. The molecule has 0 amide bonds. The fourth-order valence-electron chi connectivity index (χ4n) is 1.12. The van der Waals surface area contributed by atoms with Gasteiger partial charge in [-0.15, -0.1) is 0 Å². The normalized spacial score (nSPS) is 15.6. The van der Waals surface area contributed by atoms with Crippen LogP contribution in [0.15, 0.2) is 0 Å². The molecule has 0 rings (SSSR count). The Morgan fingerprint density at radius 3 is 2.59 bits per heavy atom. The molecule has 0 aliphatic rings. The van der Waals surface area contributed by atoms with Gasteiger partial charge in [0.25, 0.3) is 0 Å². The van der Waals surface area contributed by atoms with Crippen LogP contribution >= 0.6 is 24.4 Å². The van der Waals surface area contributed by atoms with E-state index in [0.717, 1.165) is 24.6 Å². The molecule has 0 spiro atoms. The highest BCUT2D eigenvalue weighted by atomic mass is 32.2. The number of hydrogen-bond acceptors (Lipinski definition) is 5. The standard InChI is InChI=1S/C11H17NO3S2/c1-3-4-5-17-10(15)11(2,7-12)6-8(16)9(13)14/h8,16H,3-6H2,1-2H3,(H,13,14). The Balaban J connectivity index is 4.51. The quantitative estimate of drug-likeness (QED) is 0.551. The smallest absolute Gasteiger partial charge is 0.316 e. The summed E-state index contributed by atoms with van der Waals surface area (Å²) in [5, 5.41) is 16.5.